The number of nitrogens with one attached hydrogen (secondary N) is 2. The third kappa shape index (κ3) is 4.91. The topological polar surface area (TPSA) is 124 Å². The lowest BCUT2D eigenvalue weighted by molar-refractivity contribution is -0.143. The second-order valence-corrected chi connectivity index (χ2v) is 9.68. The van der Waals surface area contributed by atoms with Gasteiger partial charge in [-0.3, -0.25) is 9.55 Å². The standard InChI is InChI=1S/C27H23F4N7O4/c1-13(2)37-21-19(7-9-33-24(21)36-26(37)39)41-18-5-4-14(10-17(18)28)35-25-22(42-25)16-12-34-38(23(16)27(29,30)31)20-11-15(40-3)6-8-32-20/h4-13,22,25,35H,1-3H3,(H,33,36,39). The van der Waals surface area contributed by atoms with Gasteiger partial charge in [-0.2, -0.15) is 18.3 Å². The lowest BCUT2D eigenvalue weighted by atomic mass is 10.1. The van der Waals surface area contributed by atoms with Crippen molar-refractivity contribution in [2.75, 3.05) is 12.4 Å². The molecule has 1 saturated heterocycles. The zero-order valence-corrected chi connectivity index (χ0v) is 22.3. The van der Waals surface area contributed by atoms with Gasteiger partial charge in [-0.1, -0.05) is 0 Å². The maximum absolute atomic E-state index is 15.1. The number of ether oxygens (including phenoxy) is 3. The molecule has 1 aromatic carbocycles. The van der Waals surface area contributed by atoms with E-state index >= 15 is 4.39 Å². The molecule has 0 amide bonds. The summed E-state index contributed by atoms with van der Waals surface area (Å²) in [5.41, 5.74) is -0.677. The molecule has 4 aromatic heterocycles. The van der Waals surface area contributed by atoms with Gasteiger partial charge in [-0.15, -0.1) is 0 Å². The molecule has 0 radical (unpaired) electrons. The monoisotopic (exact) mass is 585 g/mol. The van der Waals surface area contributed by atoms with Crippen LogP contribution in [-0.4, -0.2) is 42.6 Å². The molecule has 0 saturated carbocycles. The number of anilines is 1. The highest BCUT2D eigenvalue weighted by atomic mass is 19.4. The normalized spacial score (nSPS) is 16.7. The van der Waals surface area contributed by atoms with Crippen molar-refractivity contribution in [3.05, 3.63) is 82.5 Å². The highest BCUT2D eigenvalue weighted by molar-refractivity contribution is 5.78. The Balaban J connectivity index is 1.22. The Morgan fingerprint density at radius 2 is 1.88 bits per heavy atom. The molecule has 0 bridgehead atoms. The van der Waals surface area contributed by atoms with Crippen LogP contribution in [0.3, 0.4) is 0 Å². The first kappa shape index (κ1) is 27.3. The van der Waals surface area contributed by atoms with Crippen molar-refractivity contribution in [1.82, 2.24) is 29.3 Å². The number of hydrogen-bond donors (Lipinski definition) is 2. The largest absolute Gasteiger partial charge is 0.497 e. The van der Waals surface area contributed by atoms with Crippen LogP contribution in [0.25, 0.3) is 17.0 Å². The van der Waals surface area contributed by atoms with E-state index in [4.69, 9.17) is 14.2 Å². The molecule has 2 atom stereocenters. The van der Waals surface area contributed by atoms with Gasteiger partial charge in [0.25, 0.3) is 0 Å². The first-order valence-corrected chi connectivity index (χ1v) is 12.7. The molecule has 1 aliphatic rings. The van der Waals surface area contributed by atoms with Crippen molar-refractivity contribution >= 4 is 16.9 Å². The van der Waals surface area contributed by atoms with E-state index in [9.17, 15) is 18.0 Å². The number of pyridine rings is 2. The average Bonchev–Trinajstić information content (AvgIpc) is 3.38. The molecule has 1 fully saturated rings. The average molecular weight is 586 g/mol. The number of alkyl halides is 3. The Bertz CT molecular complexity index is 1850. The minimum Gasteiger partial charge on any atom is -0.497 e. The van der Waals surface area contributed by atoms with Crippen LogP contribution in [0.15, 0.2) is 59.8 Å². The summed E-state index contributed by atoms with van der Waals surface area (Å²) in [6.07, 6.45) is -2.82. The lowest BCUT2D eigenvalue weighted by Crippen LogP contribution is -2.18. The summed E-state index contributed by atoms with van der Waals surface area (Å²) in [4.78, 5) is 23.1. The summed E-state index contributed by atoms with van der Waals surface area (Å²) in [7, 11) is 1.39. The van der Waals surface area contributed by atoms with Crippen molar-refractivity contribution in [3.8, 4) is 23.1 Å². The Labute approximate surface area is 234 Å². The Morgan fingerprint density at radius 3 is 2.60 bits per heavy atom. The number of fused-ring (bicyclic) bond motifs is 1. The molecule has 0 spiro atoms. The first-order valence-electron chi connectivity index (χ1n) is 12.7. The van der Waals surface area contributed by atoms with Crippen LogP contribution in [0.1, 0.15) is 37.3 Å². The number of nitrogens with zero attached hydrogens (tertiary/aromatic N) is 5. The number of imidazole rings is 1. The van der Waals surface area contributed by atoms with Crippen molar-refractivity contribution < 1.29 is 31.8 Å². The Hall–Kier alpha value is -4.92. The molecule has 1 aliphatic heterocycles. The van der Waals surface area contributed by atoms with Gasteiger partial charge < -0.3 is 19.5 Å². The van der Waals surface area contributed by atoms with Crippen LogP contribution in [0.4, 0.5) is 23.2 Å². The van der Waals surface area contributed by atoms with Gasteiger partial charge in [-0.25, -0.2) is 23.8 Å². The summed E-state index contributed by atoms with van der Waals surface area (Å²) in [5.74, 6) is -0.412. The van der Waals surface area contributed by atoms with Crippen LogP contribution in [0, 0.1) is 5.82 Å². The van der Waals surface area contributed by atoms with Gasteiger partial charge in [-0.05, 0) is 32.0 Å². The molecule has 42 heavy (non-hydrogen) atoms. The summed E-state index contributed by atoms with van der Waals surface area (Å²) in [6, 6.07) is 8.13. The number of aromatic amines is 1. The quantitative estimate of drug-likeness (QED) is 0.184. The van der Waals surface area contributed by atoms with Crippen LogP contribution >= 0.6 is 0 Å². The molecule has 6 rings (SSSR count). The van der Waals surface area contributed by atoms with Crippen LogP contribution in [0.2, 0.25) is 0 Å². The van der Waals surface area contributed by atoms with E-state index in [0.29, 0.717) is 21.6 Å². The molecule has 15 heteroatoms. The minimum atomic E-state index is -4.77. The molecular weight excluding hydrogens is 562 g/mol. The number of aromatic nitrogens is 6. The predicted octanol–water partition coefficient (Wildman–Crippen LogP) is 5.35. The van der Waals surface area contributed by atoms with Gasteiger partial charge in [0, 0.05) is 47.9 Å². The molecule has 2 N–H and O–H groups in total. The van der Waals surface area contributed by atoms with E-state index in [2.05, 4.69) is 25.4 Å². The van der Waals surface area contributed by atoms with E-state index in [-0.39, 0.29) is 40.3 Å². The van der Waals surface area contributed by atoms with Gasteiger partial charge in [0.2, 0.25) is 0 Å². The molecule has 5 heterocycles. The van der Waals surface area contributed by atoms with Crippen molar-refractivity contribution in [2.45, 2.75) is 38.4 Å². The van der Waals surface area contributed by atoms with Crippen LogP contribution in [-0.2, 0) is 10.9 Å². The van der Waals surface area contributed by atoms with Crippen LogP contribution in [0.5, 0.6) is 17.2 Å². The fraction of sp³-hybridized carbons (Fsp3) is 0.259. The van der Waals surface area contributed by atoms with Gasteiger partial charge in [0.1, 0.15) is 17.4 Å². The predicted molar refractivity (Wildman–Crippen MR) is 141 cm³/mol. The third-order valence-electron chi connectivity index (χ3n) is 6.58. The maximum atomic E-state index is 15.1. The lowest BCUT2D eigenvalue weighted by Gasteiger charge is -2.13. The van der Waals surface area contributed by atoms with Gasteiger partial charge in [0.15, 0.2) is 40.7 Å². The van der Waals surface area contributed by atoms with E-state index in [1.54, 1.807) is 0 Å². The zero-order valence-electron chi connectivity index (χ0n) is 22.3. The fourth-order valence-electron chi connectivity index (χ4n) is 4.68. The van der Waals surface area contributed by atoms with E-state index in [1.807, 2.05) is 13.8 Å². The number of benzene rings is 1. The van der Waals surface area contributed by atoms with Crippen molar-refractivity contribution in [3.63, 3.8) is 0 Å². The van der Waals surface area contributed by atoms with Crippen molar-refractivity contribution in [2.24, 2.45) is 0 Å². The molecule has 2 unspecified atom stereocenters. The molecule has 0 aliphatic carbocycles. The summed E-state index contributed by atoms with van der Waals surface area (Å²) in [5, 5.41) is 6.78. The fourth-order valence-corrected chi connectivity index (χ4v) is 4.68. The molecule has 11 nitrogen and oxygen atoms in total. The summed E-state index contributed by atoms with van der Waals surface area (Å²) in [6.45, 7) is 3.64. The number of rotatable bonds is 8. The number of epoxide rings is 1. The van der Waals surface area contributed by atoms with E-state index in [0.717, 1.165) is 12.3 Å². The smallest absolute Gasteiger partial charge is 0.433 e. The highest BCUT2D eigenvalue weighted by Gasteiger charge is 2.49. The number of methoxy groups -OCH3 is 1. The van der Waals surface area contributed by atoms with Crippen LogP contribution < -0.4 is 20.5 Å². The maximum Gasteiger partial charge on any atom is 0.433 e. The number of halogens is 4. The van der Waals surface area contributed by atoms with Gasteiger partial charge in [0.05, 0.1) is 13.3 Å². The Morgan fingerprint density at radius 1 is 1.10 bits per heavy atom. The second kappa shape index (κ2) is 10.2. The van der Waals surface area contributed by atoms with Crippen molar-refractivity contribution in [1.29, 1.82) is 0 Å². The molecule has 5 aromatic rings. The second-order valence-electron chi connectivity index (χ2n) is 9.68. The summed E-state index contributed by atoms with van der Waals surface area (Å²) < 4.78 is 75.9. The number of hydrogen-bond acceptors (Lipinski definition) is 8. The Kier molecular flexibility index (Phi) is 6.60. The van der Waals surface area contributed by atoms with E-state index < -0.39 is 30.0 Å². The zero-order chi connectivity index (χ0) is 29.8. The minimum absolute atomic E-state index is 0.0766. The molecule has 218 valence electrons. The highest BCUT2D eigenvalue weighted by Crippen LogP contribution is 2.46. The first-order chi connectivity index (χ1) is 20.0. The SMILES string of the molecule is COc1ccnc(-n2ncc(C3OC3Nc3ccc(Oc4ccnc5[nH]c(=O)n(C(C)C)c45)c(F)c3)c2C(F)(F)F)c1. The van der Waals surface area contributed by atoms with Gasteiger partial charge >= 0.3 is 11.9 Å². The number of H-pyrrole nitrogens is 1. The molecular formula is C27H23F4N7O4. The third-order valence-corrected chi connectivity index (χ3v) is 6.58. The summed E-state index contributed by atoms with van der Waals surface area (Å²) >= 11 is 0. The van der Waals surface area contributed by atoms with E-state index in [1.165, 1.54) is 54.4 Å².